The summed E-state index contributed by atoms with van der Waals surface area (Å²) >= 11 is 3.61. The third-order valence-electron chi connectivity index (χ3n) is 4.05. The van der Waals surface area contributed by atoms with Crippen molar-refractivity contribution in [2.24, 2.45) is 5.41 Å². The molecule has 0 aliphatic carbocycles. The van der Waals surface area contributed by atoms with Crippen LogP contribution in [0.25, 0.3) is 0 Å². The maximum atomic E-state index is 11.7. The Bertz CT molecular complexity index is 372. The standard InChI is InChI=1S/C14H20BrNO2/c1-3-4-12-9-13(15)16(11(2)17)10-14(12)5-7-18-8-6-14/h3-4,13H,1,5-10H2,2H3/b12-4+. The van der Waals surface area contributed by atoms with Crippen LogP contribution in [-0.2, 0) is 9.53 Å². The van der Waals surface area contributed by atoms with E-state index in [4.69, 9.17) is 4.74 Å². The minimum Gasteiger partial charge on any atom is -0.381 e. The summed E-state index contributed by atoms with van der Waals surface area (Å²) in [7, 11) is 0. The molecule has 1 atom stereocenters. The molecule has 3 nitrogen and oxygen atoms in total. The van der Waals surface area contributed by atoms with Gasteiger partial charge >= 0.3 is 0 Å². The molecule has 1 spiro atoms. The van der Waals surface area contributed by atoms with Gasteiger partial charge in [-0.3, -0.25) is 4.79 Å². The van der Waals surface area contributed by atoms with Crippen LogP contribution in [0.4, 0.5) is 0 Å². The van der Waals surface area contributed by atoms with E-state index in [-0.39, 0.29) is 16.3 Å². The van der Waals surface area contributed by atoms with Crippen molar-refractivity contribution in [3.8, 4) is 0 Å². The zero-order valence-corrected chi connectivity index (χ0v) is 12.4. The first-order valence-electron chi connectivity index (χ1n) is 6.40. The molecule has 2 fully saturated rings. The van der Waals surface area contributed by atoms with Crippen molar-refractivity contribution < 1.29 is 9.53 Å². The van der Waals surface area contributed by atoms with E-state index < -0.39 is 0 Å². The molecule has 4 heteroatoms. The zero-order chi connectivity index (χ0) is 13.2. The van der Waals surface area contributed by atoms with E-state index in [1.807, 2.05) is 11.0 Å². The van der Waals surface area contributed by atoms with Gasteiger partial charge in [-0.05, 0) is 19.3 Å². The van der Waals surface area contributed by atoms with E-state index >= 15 is 0 Å². The number of hydrogen-bond acceptors (Lipinski definition) is 2. The lowest BCUT2D eigenvalue weighted by Gasteiger charge is -2.48. The number of rotatable bonds is 1. The van der Waals surface area contributed by atoms with E-state index in [1.165, 1.54) is 5.57 Å². The fraction of sp³-hybridized carbons (Fsp3) is 0.643. The molecule has 0 N–H and O–H groups in total. The monoisotopic (exact) mass is 313 g/mol. The highest BCUT2D eigenvalue weighted by atomic mass is 79.9. The van der Waals surface area contributed by atoms with Crippen LogP contribution in [0.1, 0.15) is 26.2 Å². The van der Waals surface area contributed by atoms with Gasteiger partial charge in [0.05, 0.1) is 4.95 Å². The maximum Gasteiger partial charge on any atom is 0.220 e. The van der Waals surface area contributed by atoms with E-state index in [0.29, 0.717) is 0 Å². The molecule has 18 heavy (non-hydrogen) atoms. The number of alkyl halides is 1. The quantitative estimate of drug-likeness (QED) is 0.550. The predicted molar refractivity (Wildman–Crippen MR) is 75.5 cm³/mol. The summed E-state index contributed by atoms with van der Waals surface area (Å²) in [6.07, 6.45) is 6.85. The lowest BCUT2D eigenvalue weighted by molar-refractivity contribution is -0.133. The minimum absolute atomic E-state index is 0.0996. The van der Waals surface area contributed by atoms with Crippen LogP contribution in [0.2, 0.25) is 0 Å². The molecule has 0 radical (unpaired) electrons. The number of nitrogens with zero attached hydrogens (tertiary/aromatic N) is 1. The zero-order valence-electron chi connectivity index (χ0n) is 10.8. The van der Waals surface area contributed by atoms with E-state index in [2.05, 4.69) is 28.6 Å². The highest BCUT2D eigenvalue weighted by Crippen LogP contribution is 2.46. The Morgan fingerprint density at radius 1 is 1.56 bits per heavy atom. The minimum atomic E-state index is 0.0996. The topological polar surface area (TPSA) is 29.5 Å². The largest absolute Gasteiger partial charge is 0.381 e. The second kappa shape index (κ2) is 5.57. The Morgan fingerprint density at radius 2 is 2.22 bits per heavy atom. The molecule has 0 saturated carbocycles. The lowest BCUT2D eigenvalue weighted by Crippen LogP contribution is -2.51. The van der Waals surface area contributed by atoms with Crippen molar-refractivity contribution in [3.05, 3.63) is 24.3 Å². The molecule has 0 aromatic rings. The number of amides is 1. The fourth-order valence-electron chi connectivity index (χ4n) is 2.97. The number of piperidine rings is 1. The number of halogens is 1. The van der Waals surface area contributed by atoms with Gasteiger partial charge in [0.15, 0.2) is 0 Å². The van der Waals surface area contributed by atoms with Gasteiger partial charge in [0.25, 0.3) is 0 Å². The molecule has 0 bridgehead atoms. The van der Waals surface area contributed by atoms with Crippen LogP contribution >= 0.6 is 15.9 Å². The maximum absolute atomic E-state index is 11.7. The average Bonchev–Trinajstić information content (AvgIpc) is 2.35. The Labute approximate surface area is 117 Å². The van der Waals surface area contributed by atoms with Crippen molar-refractivity contribution in [2.75, 3.05) is 19.8 Å². The van der Waals surface area contributed by atoms with Gasteiger partial charge in [0, 0.05) is 32.1 Å². The SMILES string of the molecule is C=C/C=C1\CC(Br)N(C(C)=O)CC12CCOCC2. The second-order valence-electron chi connectivity index (χ2n) is 5.11. The number of ether oxygens (including phenoxy) is 1. The summed E-state index contributed by atoms with van der Waals surface area (Å²) in [5.41, 5.74) is 1.50. The first-order valence-corrected chi connectivity index (χ1v) is 7.32. The molecule has 1 amide bonds. The lowest BCUT2D eigenvalue weighted by atomic mass is 9.70. The first kappa shape index (κ1) is 13.8. The first-order chi connectivity index (χ1) is 8.59. The van der Waals surface area contributed by atoms with Crippen LogP contribution in [0.5, 0.6) is 0 Å². The van der Waals surface area contributed by atoms with Gasteiger partial charge in [-0.2, -0.15) is 0 Å². The summed E-state index contributed by atoms with van der Waals surface area (Å²) in [6, 6.07) is 0. The van der Waals surface area contributed by atoms with Crippen molar-refractivity contribution >= 4 is 21.8 Å². The van der Waals surface area contributed by atoms with E-state index in [1.54, 1.807) is 6.92 Å². The van der Waals surface area contributed by atoms with Gasteiger partial charge in [0.1, 0.15) is 0 Å². The van der Waals surface area contributed by atoms with Crippen molar-refractivity contribution in [1.29, 1.82) is 0 Å². The third-order valence-corrected chi connectivity index (χ3v) is 4.87. The van der Waals surface area contributed by atoms with Crippen LogP contribution in [0.15, 0.2) is 24.3 Å². The van der Waals surface area contributed by atoms with Crippen molar-refractivity contribution in [3.63, 3.8) is 0 Å². The Balaban J connectivity index is 2.29. The summed E-state index contributed by atoms with van der Waals surface area (Å²) in [5, 5.41) is 0. The summed E-state index contributed by atoms with van der Waals surface area (Å²) in [5.74, 6) is 0.139. The van der Waals surface area contributed by atoms with Crippen molar-refractivity contribution in [2.45, 2.75) is 31.1 Å². The number of carbonyl (C=O) groups is 1. The number of likely N-dealkylation sites (tertiary alicyclic amines) is 1. The molecule has 0 aromatic heterocycles. The highest BCUT2D eigenvalue weighted by Gasteiger charge is 2.43. The molecule has 2 aliphatic rings. The average molecular weight is 314 g/mol. The summed E-state index contributed by atoms with van der Waals surface area (Å²) < 4.78 is 5.48. The van der Waals surface area contributed by atoms with Crippen LogP contribution < -0.4 is 0 Å². The molecule has 0 aromatic carbocycles. The normalized spacial score (nSPS) is 29.6. The van der Waals surface area contributed by atoms with Gasteiger partial charge < -0.3 is 9.64 Å². The number of carbonyl (C=O) groups excluding carboxylic acids is 1. The van der Waals surface area contributed by atoms with Gasteiger partial charge in [-0.15, -0.1) is 0 Å². The number of allylic oxidation sites excluding steroid dienone is 2. The Hall–Kier alpha value is -0.610. The smallest absolute Gasteiger partial charge is 0.220 e. The summed E-state index contributed by atoms with van der Waals surface area (Å²) in [6.45, 7) is 7.81. The van der Waals surface area contributed by atoms with Crippen LogP contribution in [-0.4, -0.2) is 35.5 Å². The molecule has 1 unspecified atom stereocenters. The molecule has 2 saturated heterocycles. The molecular formula is C14H20BrNO2. The highest BCUT2D eigenvalue weighted by molar-refractivity contribution is 9.09. The molecular weight excluding hydrogens is 294 g/mol. The third kappa shape index (κ3) is 2.54. The van der Waals surface area contributed by atoms with E-state index in [0.717, 1.165) is 39.0 Å². The molecule has 100 valence electrons. The molecule has 2 rings (SSSR count). The van der Waals surface area contributed by atoms with Crippen LogP contribution in [0, 0.1) is 5.41 Å². The van der Waals surface area contributed by atoms with E-state index in [9.17, 15) is 4.79 Å². The molecule has 2 heterocycles. The van der Waals surface area contributed by atoms with Crippen molar-refractivity contribution in [1.82, 2.24) is 4.90 Å². The number of hydrogen-bond donors (Lipinski definition) is 0. The predicted octanol–water partition coefficient (Wildman–Crippen LogP) is 2.87. The Kier molecular flexibility index (Phi) is 4.28. The summed E-state index contributed by atoms with van der Waals surface area (Å²) in [4.78, 5) is 13.8. The van der Waals surface area contributed by atoms with Gasteiger partial charge in [-0.25, -0.2) is 0 Å². The second-order valence-corrected chi connectivity index (χ2v) is 6.16. The van der Waals surface area contributed by atoms with Gasteiger partial charge in [-0.1, -0.05) is 40.2 Å². The Morgan fingerprint density at radius 3 is 2.78 bits per heavy atom. The van der Waals surface area contributed by atoms with Gasteiger partial charge in [0.2, 0.25) is 5.91 Å². The van der Waals surface area contributed by atoms with Crippen LogP contribution in [0.3, 0.4) is 0 Å². The molecule has 2 aliphatic heterocycles. The fourth-order valence-corrected chi connectivity index (χ4v) is 3.75.